The summed E-state index contributed by atoms with van der Waals surface area (Å²) in [4.78, 5) is 16.6. The van der Waals surface area contributed by atoms with Crippen LogP contribution in [0.1, 0.15) is 49.4 Å². The van der Waals surface area contributed by atoms with Gasteiger partial charge in [-0.3, -0.25) is 9.78 Å². The molecule has 0 radical (unpaired) electrons. The third kappa shape index (κ3) is 3.11. The zero-order valence-corrected chi connectivity index (χ0v) is 12.1. The molecule has 2 saturated carbocycles. The van der Waals surface area contributed by atoms with Crippen molar-refractivity contribution in [1.29, 1.82) is 0 Å². The minimum Gasteiger partial charge on any atom is -0.384 e. The first kappa shape index (κ1) is 13.4. The van der Waals surface area contributed by atoms with Crippen LogP contribution in [0.15, 0.2) is 18.5 Å². The molecule has 2 aliphatic rings. The Balaban J connectivity index is 1.69. The van der Waals surface area contributed by atoms with Gasteiger partial charge in [-0.15, -0.1) is 0 Å². The highest BCUT2D eigenvalue weighted by Gasteiger charge is 2.42. The Kier molecular flexibility index (Phi) is 3.90. The number of nitrogens with one attached hydrogen (secondary N) is 2. The van der Waals surface area contributed by atoms with Gasteiger partial charge in [-0.1, -0.05) is 6.92 Å². The fourth-order valence-electron chi connectivity index (χ4n) is 2.75. The van der Waals surface area contributed by atoms with Gasteiger partial charge in [-0.05, 0) is 50.0 Å². The normalized spacial score (nSPS) is 18.1. The summed E-state index contributed by atoms with van der Waals surface area (Å²) in [5.74, 6) is 1.46. The van der Waals surface area contributed by atoms with Crippen molar-refractivity contribution in [2.75, 3.05) is 11.9 Å². The van der Waals surface area contributed by atoms with Crippen LogP contribution in [-0.2, 0) is 0 Å². The molecule has 2 aliphatic carbocycles. The van der Waals surface area contributed by atoms with Crippen LogP contribution < -0.4 is 10.6 Å². The second-order valence-corrected chi connectivity index (χ2v) is 6.02. The summed E-state index contributed by atoms with van der Waals surface area (Å²) >= 11 is 0. The molecule has 1 heterocycles. The number of amides is 1. The van der Waals surface area contributed by atoms with Gasteiger partial charge in [0.1, 0.15) is 0 Å². The Hall–Kier alpha value is -1.58. The summed E-state index contributed by atoms with van der Waals surface area (Å²) in [7, 11) is 0. The van der Waals surface area contributed by atoms with Crippen molar-refractivity contribution in [3.05, 3.63) is 24.0 Å². The topological polar surface area (TPSA) is 54.0 Å². The van der Waals surface area contributed by atoms with E-state index in [-0.39, 0.29) is 5.91 Å². The molecule has 0 aromatic carbocycles. The predicted molar refractivity (Wildman–Crippen MR) is 79.7 cm³/mol. The van der Waals surface area contributed by atoms with E-state index in [9.17, 15) is 4.79 Å². The lowest BCUT2D eigenvalue weighted by Crippen LogP contribution is -2.38. The highest BCUT2D eigenvalue weighted by molar-refractivity contribution is 5.99. The number of carbonyl (C=O) groups is 1. The smallest absolute Gasteiger partial charge is 0.255 e. The predicted octanol–water partition coefficient (Wildman–Crippen LogP) is 2.82. The number of rotatable bonds is 7. The molecule has 1 aromatic heterocycles. The quantitative estimate of drug-likeness (QED) is 0.803. The van der Waals surface area contributed by atoms with E-state index in [2.05, 4.69) is 22.5 Å². The number of carbonyl (C=O) groups excluding carboxylic acids is 1. The zero-order valence-electron chi connectivity index (χ0n) is 12.1. The summed E-state index contributed by atoms with van der Waals surface area (Å²) in [5, 5.41) is 6.56. The van der Waals surface area contributed by atoms with Crippen molar-refractivity contribution in [3.8, 4) is 0 Å². The van der Waals surface area contributed by atoms with Gasteiger partial charge in [0.25, 0.3) is 5.91 Å². The van der Waals surface area contributed by atoms with Crippen LogP contribution in [0, 0.1) is 11.8 Å². The van der Waals surface area contributed by atoms with Crippen molar-refractivity contribution >= 4 is 11.6 Å². The van der Waals surface area contributed by atoms with E-state index in [1.807, 2.05) is 6.07 Å². The number of pyridine rings is 1. The molecule has 0 saturated heterocycles. The molecule has 0 spiro atoms. The summed E-state index contributed by atoms with van der Waals surface area (Å²) in [5.41, 5.74) is 1.57. The SMILES string of the molecule is CCCNc1ccncc1C(=O)NC(C1CC1)C1CC1. The maximum absolute atomic E-state index is 12.5. The van der Waals surface area contributed by atoms with Crippen LogP contribution in [0.25, 0.3) is 0 Å². The van der Waals surface area contributed by atoms with Crippen LogP contribution in [-0.4, -0.2) is 23.5 Å². The van der Waals surface area contributed by atoms with E-state index in [1.165, 1.54) is 25.7 Å². The molecule has 2 fully saturated rings. The Morgan fingerprint density at radius 3 is 2.65 bits per heavy atom. The first-order valence-corrected chi connectivity index (χ1v) is 7.78. The molecule has 1 aromatic rings. The lowest BCUT2D eigenvalue weighted by molar-refractivity contribution is 0.0927. The Morgan fingerprint density at radius 1 is 1.35 bits per heavy atom. The Bertz CT molecular complexity index is 468. The summed E-state index contributed by atoms with van der Waals surface area (Å²) in [6.45, 7) is 2.99. The first-order valence-electron chi connectivity index (χ1n) is 7.78. The van der Waals surface area contributed by atoms with Gasteiger partial charge in [0.15, 0.2) is 0 Å². The Labute approximate surface area is 120 Å². The average molecular weight is 273 g/mol. The highest BCUT2D eigenvalue weighted by Crippen LogP contribution is 2.44. The maximum Gasteiger partial charge on any atom is 0.255 e. The van der Waals surface area contributed by atoms with E-state index >= 15 is 0 Å². The molecule has 0 aliphatic heterocycles. The van der Waals surface area contributed by atoms with Crippen molar-refractivity contribution in [2.24, 2.45) is 11.8 Å². The van der Waals surface area contributed by atoms with Gasteiger partial charge in [0, 0.05) is 25.0 Å². The zero-order chi connectivity index (χ0) is 13.9. The summed E-state index contributed by atoms with van der Waals surface area (Å²) in [6, 6.07) is 2.27. The van der Waals surface area contributed by atoms with Crippen LogP contribution in [0.2, 0.25) is 0 Å². The molecule has 3 rings (SSSR count). The van der Waals surface area contributed by atoms with E-state index in [4.69, 9.17) is 0 Å². The van der Waals surface area contributed by atoms with Crippen LogP contribution in [0.5, 0.6) is 0 Å². The molecule has 0 unspecified atom stereocenters. The van der Waals surface area contributed by atoms with E-state index in [1.54, 1.807) is 12.4 Å². The molecule has 0 atom stereocenters. The lowest BCUT2D eigenvalue weighted by atomic mass is 10.1. The number of aromatic nitrogens is 1. The molecule has 0 bridgehead atoms. The Morgan fingerprint density at radius 2 is 2.05 bits per heavy atom. The largest absolute Gasteiger partial charge is 0.384 e. The number of anilines is 1. The number of nitrogens with zero attached hydrogens (tertiary/aromatic N) is 1. The van der Waals surface area contributed by atoms with Crippen LogP contribution >= 0.6 is 0 Å². The molecule has 4 heteroatoms. The van der Waals surface area contributed by atoms with Crippen molar-refractivity contribution in [1.82, 2.24) is 10.3 Å². The standard InChI is InChI=1S/C16H23N3O/c1-2-8-18-14-7-9-17-10-13(14)16(20)19-15(11-3-4-11)12-5-6-12/h7,9-12,15H,2-6,8H2,1H3,(H,17,18)(H,19,20). The molecule has 4 nitrogen and oxygen atoms in total. The van der Waals surface area contributed by atoms with Crippen molar-refractivity contribution in [3.63, 3.8) is 0 Å². The lowest BCUT2D eigenvalue weighted by Gasteiger charge is -2.19. The summed E-state index contributed by atoms with van der Waals surface area (Å²) in [6.07, 6.45) is 9.53. The summed E-state index contributed by atoms with van der Waals surface area (Å²) < 4.78 is 0. The maximum atomic E-state index is 12.5. The monoisotopic (exact) mass is 273 g/mol. The van der Waals surface area contributed by atoms with Gasteiger partial charge >= 0.3 is 0 Å². The molecule has 20 heavy (non-hydrogen) atoms. The molecule has 1 amide bonds. The van der Waals surface area contributed by atoms with E-state index in [0.29, 0.717) is 11.6 Å². The van der Waals surface area contributed by atoms with E-state index in [0.717, 1.165) is 30.5 Å². The second kappa shape index (κ2) is 5.81. The second-order valence-electron chi connectivity index (χ2n) is 6.02. The first-order chi connectivity index (χ1) is 9.79. The number of hydrogen-bond acceptors (Lipinski definition) is 3. The molecular formula is C16H23N3O. The van der Waals surface area contributed by atoms with Crippen LogP contribution in [0.4, 0.5) is 5.69 Å². The van der Waals surface area contributed by atoms with Gasteiger partial charge in [0.2, 0.25) is 0 Å². The third-order valence-corrected chi connectivity index (χ3v) is 4.19. The van der Waals surface area contributed by atoms with Crippen molar-refractivity contribution < 1.29 is 4.79 Å². The van der Waals surface area contributed by atoms with Gasteiger partial charge < -0.3 is 10.6 Å². The fourth-order valence-corrected chi connectivity index (χ4v) is 2.75. The van der Waals surface area contributed by atoms with Gasteiger partial charge in [0.05, 0.1) is 11.3 Å². The van der Waals surface area contributed by atoms with Crippen LogP contribution in [0.3, 0.4) is 0 Å². The molecule has 2 N–H and O–H groups in total. The van der Waals surface area contributed by atoms with Gasteiger partial charge in [-0.25, -0.2) is 0 Å². The molecular weight excluding hydrogens is 250 g/mol. The third-order valence-electron chi connectivity index (χ3n) is 4.19. The molecule has 108 valence electrons. The minimum atomic E-state index is 0.0282. The number of hydrogen-bond donors (Lipinski definition) is 2. The van der Waals surface area contributed by atoms with Gasteiger partial charge in [-0.2, -0.15) is 0 Å². The average Bonchev–Trinajstić information content (AvgIpc) is 3.35. The van der Waals surface area contributed by atoms with Crippen molar-refractivity contribution in [2.45, 2.75) is 45.1 Å². The van der Waals surface area contributed by atoms with E-state index < -0.39 is 0 Å². The highest BCUT2D eigenvalue weighted by atomic mass is 16.1. The minimum absolute atomic E-state index is 0.0282. The fraction of sp³-hybridized carbons (Fsp3) is 0.625.